The van der Waals surface area contributed by atoms with Crippen LogP contribution in [0.25, 0.3) is 34.4 Å². The van der Waals surface area contributed by atoms with Gasteiger partial charge in [-0.3, -0.25) is 4.79 Å². The van der Waals surface area contributed by atoms with Crippen molar-refractivity contribution in [3.63, 3.8) is 0 Å². The predicted molar refractivity (Wildman–Crippen MR) is 189 cm³/mol. The Morgan fingerprint density at radius 2 is 1.26 bits per heavy atom. The summed E-state index contributed by atoms with van der Waals surface area (Å²) in [7, 11) is 0. The summed E-state index contributed by atoms with van der Waals surface area (Å²) >= 11 is 0. The van der Waals surface area contributed by atoms with Crippen molar-refractivity contribution in [1.82, 2.24) is 0 Å². The molecular weight excluding hydrogens is 708 g/mol. The molecule has 0 bridgehead atoms. The first-order valence-corrected chi connectivity index (χ1v) is 16.2. The molecule has 0 radical (unpaired) electrons. The molecule has 0 spiro atoms. The first kappa shape index (κ1) is 37.0. The highest BCUT2D eigenvalue weighted by molar-refractivity contribution is 5.89. The number of fused-ring (bicyclic) bond motifs is 1. The molecule has 15 heteroatoms. The van der Waals surface area contributed by atoms with E-state index in [1.54, 1.807) is 12.1 Å². The number of carbonyl (C=O) groups excluding carboxylic acids is 2. The molecule has 5 aromatic rings. The van der Waals surface area contributed by atoms with Crippen LogP contribution in [0.15, 0.2) is 106 Å². The van der Waals surface area contributed by atoms with E-state index in [2.05, 4.69) is 0 Å². The van der Waals surface area contributed by atoms with E-state index in [9.17, 15) is 50.1 Å². The fourth-order valence-corrected chi connectivity index (χ4v) is 5.44. The molecule has 1 fully saturated rings. The van der Waals surface area contributed by atoms with Crippen molar-refractivity contribution in [3.8, 4) is 45.8 Å². The highest BCUT2D eigenvalue weighted by Crippen LogP contribution is 2.38. The van der Waals surface area contributed by atoms with Crippen LogP contribution in [-0.4, -0.2) is 85.0 Å². The Hall–Kier alpha value is -6.81. The largest absolute Gasteiger partial charge is 0.508 e. The average Bonchev–Trinajstić information content (AvgIpc) is 3.14. The number of aromatic hydroxyl groups is 5. The van der Waals surface area contributed by atoms with Gasteiger partial charge in [0.25, 0.3) is 0 Å². The minimum atomic E-state index is -1.96. The van der Waals surface area contributed by atoms with Gasteiger partial charge in [-0.05, 0) is 71.8 Å². The summed E-state index contributed by atoms with van der Waals surface area (Å²) < 4.78 is 28.6. The number of hydrogen-bond acceptors (Lipinski definition) is 15. The van der Waals surface area contributed by atoms with Gasteiger partial charge in [0, 0.05) is 29.8 Å². The zero-order chi connectivity index (χ0) is 38.5. The van der Waals surface area contributed by atoms with Gasteiger partial charge in [0.2, 0.25) is 17.5 Å². The summed E-state index contributed by atoms with van der Waals surface area (Å²) in [6, 6.07) is 19.0. The molecule has 1 aliphatic rings. The van der Waals surface area contributed by atoms with E-state index in [0.717, 1.165) is 24.3 Å². The molecule has 6 rings (SSSR count). The van der Waals surface area contributed by atoms with Gasteiger partial charge < -0.3 is 59.1 Å². The number of carbonyl (C=O) groups is 2. The van der Waals surface area contributed by atoms with E-state index in [1.165, 1.54) is 72.8 Å². The van der Waals surface area contributed by atoms with Crippen LogP contribution in [0.3, 0.4) is 0 Å². The maximum absolute atomic E-state index is 14.0. The number of phenolic OH excluding ortho intramolecular Hbond substituents is 5. The van der Waals surface area contributed by atoms with Gasteiger partial charge in [0.1, 0.15) is 64.6 Å². The lowest BCUT2D eigenvalue weighted by Crippen LogP contribution is -2.61. The van der Waals surface area contributed by atoms with E-state index < -0.39 is 77.3 Å². The number of phenols is 5. The van der Waals surface area contributed by atoms with E-state index in [1.807, 2.05) is 0 Å². The number of benzene rings is 4. The van der Waals surface area contributed by atoms with Crippen LogP contribution in [-0.2, 0) is 23.8 Å². The molecule has 4 aromatic carbocycles. The van der Waals surface area contributed by atoms with Gasteiger partial charge in [-0.2, -0.15) is 0 Å². The third-order valence-corrected chi connectivity index (χ3v) is 8.18. The predicted octanol–water partition coefficient (Wildman–Crippen LogP) is 3.70. The SMILES string of the molecule is O=C(C=Cc1ccc(O)cc1)OC[C@H]1O[C@@H](Oc2c(-c3ccc(O)cc3)oc3cc(O)cc(O)c3c2=O)[C@H](OC(=O)C=Cc2ccc(O)cc2)[C@@H](O)[C@H]1O. The van der Waals surface area contributed by atoms with E-state index >= 15 is 0 Å². The van der Waals surface area contributed by atoms with Crippen molar-refractivity contribution in [3.05, 3.63) is 118 Å². The lowest BCUT2D eigenvalue weighted by atomic mass is 9.99. The van der Waals surface area contributed by atoms with Crippen molar-refractivity contribution in [1.29, 1.82) is 0 Å². The van der Waals surface area contributed by atoms with Crippen molar-refractivity contribution >= 4 is 35.1 Å². The molecule has 278 valence electrons. The highest BCUT2D eigenvalue weighted by atomic mass is 16.7. The average molecular weight is 741 g/mol. The van der Waals surface area contributed by atoms with Crippen LogP contribution in [0, 0.1) is 0 Å². The summed E-state index contributed by atoms with van der Waals surface area (Å²) in [6.07, 6.45) is -4.24. The fraction of sp³-hybridized carbons (Fsp3) is 0.154. The monoisotopic (exact) mass is 740 g/mol. The Labute approximate surface area is 305 Å². The first-order chi connectivity index (χ1) is 25.9. The Bertz CT molecular complexity index is 2260. The Kier molecular flexibility index (Phi) is 10.8. The molecule has 1 aliphatic heterocycles. The zero-order valence-electron chi connectivity index (χ0n) is 27.9. The molecule has 0 saturated carbocycles. The molecule has 1 saturated heterocycles. The molecule has 0 unspecified atom stereocenters. The Morgan fingerprint density at radius 3 is 1.85 bits per heavy atom. The van der Waals surface area contributed by atoms with Crippen LogP contribution in [0.2, 0.25) is 0 Å². The van der Waals surface area contributed by atoms with Crippen LogP contribution in [0.5, 0.6) is 34.5 Å². The van der Waals surface area contributed by atoms with Crippen molar-refractivity contribution in [2.24, 2.45) is 0 Å². The van der Waals surface area contributed by atoms with Crippen molar-refractivity contribution in [2.45, 2.75) is 30.7 Å². The summed E-state index contributed by atoms with van der Waals surface area (Å²) in [6.45, 7) is -0.657. The third-order valence-electron chi connectivity index (χ3n) is 8.18. The quantitative estimate of drug-likeness (QED) is 0.0798. The topological polar surface area (TPSA) is 243 Å². The zero-order valence-corrected chi connectivity index (χ0v) is 27.9. The number of aliphatic hydroxyl groups is 2. The standard InChI is InChI=1S/C39H32O15/c40-23-9-1-20(2-10-23)5-15-30(45)50-19-29-33(47)35(49)38(53-31(46)16-6-21-3-11-24(41)12-4-21)39(52-29)54-37-34(48)32-27(44)17-26(43)18-28(32)51-36(37)22-7-13-25(42)14-8-22/h1-18,29,33,35,38-44,47,49H,19H2/t29-,33+,35+,38-,39+/m1/s1. The summed E-state index contributed by atoms with van der Waals surface area (Å²) in [4.78, 5) is 39.6. The minimum absolute atomic E-state index is 0.00487. The number of hydrogen-bond donors (Lipinski definition) is 7. The van der Waals surface area contributed by atoms with Crippen LogP contribution >= 0.6 is 0 Å². The maximum atomic E-state index is 14.0. The number of esters is 2. The highest BCUT2D eigenvalue weighted by Gasteiger charge is 2.49. The minimum Gasteiger partial charge on any atom is -0.508 e. The molecule has 2 heterocycles. The number of rotatable bonds is 10. The first-order valence-electron chi connectivity index (χ1n) is 16.2. The van der Waals surface area contributed by atoms with Gasteiger partial charge in [-0.25, -0.2) is 9.59 Å². The lowest BCUT2D eigenvalue weighted by molar-refractivity contribution is -0.282. The molecule has 1 aromatic heterocycles. The van der Waals surface area contributed by atoms with Crippen molar-refractivity contribution < 1.29 is 68.7 Å². The molecule has 7 N–H and O–H groups in total. The summed E-state index contributed by atoms with van der Waals surface area (Å²) in [5.41, 5.74) is -0.0115. The van der Waals surface area contributed by atoms with Crippen LogP contribution in [0.4, 0.5) is 0 Å². The molecule has 0 amide bonds. The van der Waals surface area contributed by atoms with Gasteiger partial charge >= 0.3 is 11.9 Å². The van der Waals surface area contributed by atoms with Crippen LogP contribution in [0.1, 0.15) is 11.1 Å². The Morgan fingerprint density at radius 1 is 0.704 bits per heavy atom. The third kappa shape index (κ3) is 8.45. The van der Waals surface area contributed by atoms with E-state index in [4.69, 9.17) is 23.4 Å². The number of aliphatic hydroxyl groups excluding tert-OH is 2. The molecule has 15 nitrogen and oxygen atoms in total. The second kappa shape index (κ2) is 15.8. The van der Waals surface area contributed by atoms with Crippen molar-refractivity contribution in [2.75, 3.05) is 6.61 Å². The van der Waals surface area contributed by atoms with Gasteiger partial charge in [-0.15, -0.1) is 0 Å². The van der Waals surface area contributed by atoms with E-state index in [-0.39, 0.29) is 34.2 Å². The van der Waals surface area contributed by atoms with E-state index in [0.29, 0.717) is 11.1 Å². The Balaban J connectivity index is 1.33. The second-order valence-electron chi connectivity index (χ2n) is 12.0. The number of ether oxygens (including phenoxy) is 4. The smallest absolute Gasteiger partial charge is 0.331 e. The van der Waals surface area contributed by atoms with Gasteiger partial charge in [-0.1, -0.05) is 24.3 Å². The van der Waals surface area contributed by atoms with Crippen LogP contribution < -0.4 is 10.2 Å². The molecule has 54 heavy (non-hydrogen) atoms. The second-order valence-corrected chi connectivity index (χ2v) is 12.0. The molecule has 0 aliphatic carbocycles. The fourth-order valence-electron chi connectivity index (χ4n) is 5.44. The maximum Gasteiger partial charge on any atom is 0.331 e. The normalized spacial score (nSPS) is 19.9. The lowest BCUT2D eigenvalue weighted by Gasteiger charge is -2.41. The molecule has 5 atom stereocenters. The van der Waals surface area contributed by atoms with Gasteiger partial charge in [0.05, 0.1) is 0 Å². The summed E-state index contributed by atoms with van der Waals surface area (Å²) in [5, 5.41) is 71.5. The summed E-state index contributed by atoms with van der Waals surface area (Å²) in [5.74, 6) is -4.04. The van der Waals surface area contributed by atoms with Gasteiger partial charge in [0.15, 0.2) is 11.9 Å². The molecular formula is C39H32O15.